The van der Waals surface area contributed by atoms with E-state index < -0.39 is 5.54 Å². The molecule has 21 heavy (non-hydrogen) atoms. The van der Waals surface area contributed by atoms with Crippen molar-refractivity contribution in [1.29, 1.82) is 0 Å². The van der Waals surface area contributed by atoms with Gasteiger partial charge in [0.15, 0.2) is 0 Å². The highest BCUT2D eigenvalue weighted by molar-refractivity contribution is 8.00. The molecule has 0 aliphatic carbocycles. The van der Waals surface area contributed by atoms with Crippen molar-refractivity contribution >= 4 is 17.7 Å². The second-order valence-corrected chi connectivity index (χ2v) is 6.67. The quantitative estimate of drug-likeness (QED) is 0.817. The Labute approximate surface area is 130 Å². The van der Waals surface area contributed by atoms with Crippen LogP contribution in [0.2, 0.25) is 0 Å². The summed E-state index contributed by atoms with van der Waals surface area (Å²) in [5, 5.41) is 12.6. The molecule has 0 unspecified atom stereocenters. The van der Waals surface area contributed by atoms with Crippen LogP contribution in [0.5, 0.6) is 0 Å². The lowest BCUT2D eigenvalue weighted by atomic mass is 9.91. The molecule has 1 aromatic rings. The van der Waals surface area contributed by atoms with Crippen molar-refractivity contribution in [3.63, 3.8) is 0 Å². The predicted molar refractivity (Wildman–Crippen MR) is 84.7 cm³/mol. The third-order valence-corrected chi connectivity index (χ3v) is 5.02. The standard InChI is InChI=1S/C16H23NO3S/c1-12-3-4-13(2)14(9-12)21-10-15(19)17-16(11-18)5-7-20-8-6-16/h3-4,9,18H,5-8,10-11H2,1-2H3,(H,17,19). The van der Waals surface area contributed by atoms with E-state index in [1.807, 2.05) is 13.8 Å². The van der Waals surface area contributed by atoms with E-state index >= 15 is 0 Å². The van der Waals surface area contributed by atoms with Crippen LogP contribution in [0.25, 0.3) is 0 Å². The van der Waals surface area contributed by atoms with Crippen molar-refractivity contribution in [2.75, 3.05) is 25.6 Å². The van der Waals surface area contributed by atoms with Gasteiger partial charge in [0.25, 0.3) is 0 Å². The van der Waals surface area contributed by atoms with Gasteiger partial charge >= 0.3 is 0 Å². The number of amides is 1. The first-order valence-corrected chi connectivity index (χ1v) is 8.23. The molecule has 0 atom stereocenters. The fraction of sp³-hybridized carbons (Fsp3) is 0.562. The summed E-state index contributed by atoms with van der Waals surface area (Å²) in [6, 6.07) is 6.25. The number of thioether (sulfide) groups is 1. The van der Waals surface area contributed by atoms with Crippen molar-refractivity contribution in [2.24, 2.45) is 0 Å². The summed E-state index contributed by atoms with van der Waals surface area (Å²) in [5.74, 6) is 0.337. The Bertz CT molecular complexity index is 498. The van der Waals surface area contributed by atoms with Crippen LogP contribution in [0, 0.1) is 13.8 Å². The molecule has 116 valence electrons. The first kappa shape index (κ1) is 16.3. The number of nitrogens with one attached hydrogen (secondary N) is 1. The van der Waals surface area contributed by atoms with Crippen molar-refractivity contribution in [1.82, 2.24) is 5.32 Å². The number of hydrogen-bond acceptors (Lipinski definition) is 4. The maximum absolute atomic E-state index is 12.2. The molecule has 0 radical (unpaired) electrons. The van der Waals surface area contributed by atoms with Gasteiger partial charge < -0.3 is 15.2 Å². The van der Waals surface area contributed by atoms with Crippen LogP contribution < -0.4 is 5.32 Å². The second-order valence-electron chi connectivity index (χ2n) is 5.66. The highest BCUT2D eigenvalue weighted by Crippen LogP contribution is 2.24. The minimum atomic E-state index is -0.502. The van der Waals surface area contributed by atoms with E-state index in [1.165, 1.54) is 11.1 Å². The Morgan fingerprint density at radius 2 is 2.10 bits per heavy atom. The summed E-state index contributed by atoms with van der Waals surface area (Å²) < 4.78 is 5.30. The Balaban J connectivity index is 1.91. The summed E-state index contributed by atoms with van der Waals surface area (Å²) >= 11 is 1.54. The molecular formula is C16H23NO3S. The van der Waals surface area contributed by atoms with E-state index in [0.717, 1.165) is 4.90 Å². The normalized spacial score (nSPS) is 17.5. The average molecular weight is 309 g/mol. The van der Waals surface area contributed by atoms with E-state index in [2.05, 4.69) is 23.5 Å². The summed E-state index contributed by atoms with van der Waals surface area (Å²) in [4.78, 5) is 13.3. The first-order valence-electron chi connectivity index (χ1n) is 7.24. The van der Waals surface area contributed by atoms with Crippen molar-refractivity contribution in [3.8, 4) is 0 Å². The number of aryl methyl sites for hydroxylation is 2. The second kappa shape index (κ2) is 7.29. The number of aliphatic hydroxyl groups is 1. The van der Waals surface area contributed by atoms with E-state index in [4.69, 9.17) is 4.74 Å². The maximum atomic E-state index is 12.2. The van der Waals surface area contributed by atoms with Gasteiger partial charge in [-0.25, -0.2) is 0 Å². The minimum Gasteiger partial charge on any atom is -0.394 e. The molecule has 4 nitrogen and oxygen atoms in total. The predicted octanol–water partition coefficient (Wildman–Crippen LogP) is 2.05. The molecule has 1 heterocycles. The SMILES string of the molecule is Cc1ccc(C)c(SCC(=O)NC2(CO)CCOCC2)c1. The zero-order valence-corrected chi connectivity index (χ0v) is 13.5. The van der Waals surface area contributed by atoms with E-state index in [-0.39, 0.29) is 12.5 Å². The van der Waals surface area contributed by atoms with Crippen LogP contribution in [-0.2, 0) is 9.53 Å². The van der Waals surface area contributed by atoms with Crippen LogP contribution in [0.3, 0.4) is 0 Å². The molecule has 2 rings (SSSR count). The Morgan fingerprint density at radius 3 is 2.76 bits per heavy atom. The molecule has 1 saturated heterocycles. The summed E-state index contributed by atoms with van der Waals surface area (Å²) in [5.41, 5.74) is 1.87. The molecule has 1 aliphatic rings. The fourth-order valence-electron chi connectivity index (χ4n) is 2.42. The Kier molecular flexibility index (Phi) is 5.67. The molecule has 5 heteroatoms. The lowest BCUT2D eigenvalue weighted by molar-refractivity contribution is -0.122. The van der Waals surface area contributed by atoms with E-state index in [1.54, 1.807) is 11.8 Å². The van der Waals surface area contributed by atoms with Crippen molar-refractivity contribution < 1.29 is 14.6 Å². The number of hydrogen-bond donors (Lipinski definition) is 2. The molecule has 0 saturated carbocycles. The summed E-state index contributed by atoms with van der Waals surface area (Å²) in [6.07, 6.45) is 1.34. The van der Waals surface area contributed by atoms with Gasteiger partial charge in [-0.1, -0.05) is 17.7 Å². The summed E-state index contributed by atoms with van der Waals surface area (Å²) in [6.45, 7) is 5.24. The van der Waals surface area contributed by atoms with Gasteiger partial charge in [0.1, 0.15) is 0 Å². The lowest BCUT2D eigenvalue weighted by Gasteiger charge is -2.36. The number of ether oxygens (including phenoxy) is 1. The van der Waals surface area contributed by atoms with Crippen LogP contribution >= 0.6 is 11.8 Å². The first-order chi connectivity index (χ1) is 10.0. The average Bonchev–Trinajstić information content (AvgIpc) is 2.49. The molecule has 0 spiro atoms. The maximum Gasteiger partial charge on any atom is 0.230 e. The zero-order valence-electron chi connectivity index (χ0n) is 12.6. The molecule has 0 bridgehead atoms. The van der Waals surface area contributed by atoms with Gasteiger partial charge in [0.05, 0.1) is 17.9 Å². The number of carbonyl (C=O) groups excluding carboxylic acids is 1. The van der Waals surface area contributed by atoms with Crippen molar-refractivity contribution in [2.45, 2.75) is 37.1 Å². The monoisotopic (exact) mass is 309 g/mol. The minimum absolute atomic E-state index is 0.0307. The fourth-order valence-corrected chi connectivity index (χ4v) is 3.35. The molecular weight excluding hydrogens is 286 g/mol. The van der Waals surface area contributed by atoms with E-state index in [9.17, 15) is 9.90 Å². The largest absolute Gasteiger partial charge is 0.394 e. The topological polar surface area (TPSA) is 58.6 Å². The third-order valence-electron chi connectivity index (χ3n) is 3.86. The Morgan fingerprint density at radius 1 is 1.38 bits per heavy atom. The molecule has 1 fully saturated rings. The van der Waals surface area contributed by atoms with Gasteiger partial charge in [0, 0.05) is 18.1 Å². The summed E-state index contributed by atoms with van der Waals surface area (Å²) in [7, 11) is 0. The van der Waals surface area contributed by atoms with Crippen LogP contribution in [0.15, 0.2) is 23.1 Å². The highest BCUT2D eigenvalue weighted by Gasteiger charge is 2.33. The number of benzene rings is 1. The highest BCUT2D eigenvalue weighted by atomic mass is 32.2. The van der Waals surface area contributed by atoms with Gasteiger partial charge in [0.2, 0.25) is 5.91 Å². The molecule has 1 aliphatic heterocycles. The Hall–Kier alpha value is -1.04. The van der Waals surface area contributed by atoms with Gasteiger partial charge in [-0.2, -0.15) is 0 Å². The van der Waals surface area contributed by atoms with Crippen LogP contribution in [0.1, 0.15) is 24.0 Å². The molecule has 1 aromatic carbocycles. The van der Waals surface area contributed by atoms with Crippen molar-refractivity contribution in [3.05, 3.63) is 29.3 Å². The molecule has 2 N–H and O–H groups in total. The van der Waals surface area contributed by atoms with Gasteiger partial charge in [-0.3, -0.25) is 4.79 Å². The smallest absolute Gasteiger partial charge is 0.230 e. The number of rotatable bonds is 5. The van der Waals surface area contributed by atoms with E-state index in [0.29, 0.717) is 31.8 Å². The van der Waals surface area contributed by atoms with Crippen LogP contribution in [0.4, 0.5) is 0 Å². The number of carbonyl (C=O) groups is 1. The molecule has 0 aromatic heterocycles. The van der Waals surface area contributed by atoms with Gasteiger partial charge in [-0.15, -0.1) is 11.8 Å². The zero-order chi connectivity index (χ0) is 15.3. The molecule has 1 amide bonds. The van der Waals surface area contributed by atoms with Crippen LogP contribution in [-0.4, -0.2) is 42.1 Å². The van der Waals surface area contributed by atoms with Gasteiger partial charge in [-0.05, 0) is 38.3 Å². The lowest BCUT2D eigenvalue weighted by Crippen LogP contribution is -2.55. The number of aliphatic hydroxyl groups excluding tert-OH is 1. The third kappa shape index (κ3) is 4.46.